The second kappa shape index (κ2) is 8.08. The van der Waals surface area contributed by atoms with Crippen molar-refractivity contribution < 1.29 is 4.79 Å². The van der Waals surface area contributed by atoms with Crippen LogP contribution >= 0.6 is 11.6 Å². The molecule has 0 aliphatic carbocycles. The summed E-state index contributed by atoms with van der Waals surface area (Å²) in [5.41, 5.74) is 2.72. The predicted molar refractivity (Wildman–Crippen MR) is 113 cm³/mol. The summed E-state index contributed by atoms with van der Waals surface area (Å²) in [5, 5.41) is 3.49. The number of piperazine rings is 1. The van der Waals surface area contributed by atoms with E-state index in [0.29, 0.717) is 36.9 Å². The van der Waals surface area contributed by atoms with Crippen LogP contribution in [-0.4, -0.2) is 56.6 Å². The first-order valence-electron chi connectivity index (χ1n) is 9.40. The van der Waals surface area contributed by atoms with Gasteiger partial charge in [-0.1, -0.05) is 17.7 Å². The molecule has 150 valence electrons. The Hall–Kier alpha value is -3.13. The van der Waals surface area contributed by atoms with Gasteiger partial charge in [0.25, 0.3) is 0 Å². The normalized spacial score (nSPS) is 14.2. The molecule has 0 bridgehead atoms. The lowest BCUT2D eigenvalue weighted by molar-refractivity contribution is 0.208. The molecule has 1 N–H and O–H groups in total. The van der Waals surface area contributed by atoms with Gasteiger partial charge in [-0.15, -0.1) is 0 Å². The molecule has 2 amide bonds. The highest BCUT2D eigenvalue weighted by atomic mass is 35.5. The quantitative estimate of drug-likeness (QED) is 0.715. The van der Waals surface area contributed by atoms with E-state index >= 15 is 0 Å². The molecular weight excluding hydrogens is 390 g/mol. The number of anilines is 2. The Bertz CT molecular complexity index is 1030. The number of hydrogen-bond donors (Lipinski definition) is 1. The lowest BCUT2D eigenvalue weighted by Gasteiger charge is -2.35. The molecule has 3 aromatic rings. The van der Waals surface area contributed by atoms with Gasteiger partial charge >= 0.3 is 6.03 Å². The maximum Gasteiger partial charge on any atom is 0.321 e. The summed E-state index contributed by atoms with van der Waals surface area (Å²) < 4.78 is 1.95. The molecular formula is C20H22ClN7O. The zero-order valence-corrected chi connectivity index (χ0v) is 17.1. The van der Waals surface area contributed by atoms with Crippen LogP contribution in [-0.2, 0) is 0 Å². The van der Waals surface area contributed by atoms with Gasteiger partial charge in [-0.2, -0.15) is 0 Å². The Morgan fingerprint density at radius 1 is 1.03 bits per heavy atom. The molecule has 1 fully saturated rings. The Kier molecular flexibility index (Phi) is 5.35. The number of amides is 2. The van der Waals surface area contributed by atoms with Crippen LogP contribution in [0.5, 0.6) is 0 Å². The summed E-state index contributed by atoms with van der Waals surface area (Å²) in [7, 11) is 0. The van der Waals surface area contributed by atoms with Crippen molar-refractivity contribution in [1.82, 2.24) is 24.4 Å². The highest BCUT2D eigenvalue weighted by molar-refractivity contribution is 6.30. The van der Waals surface area contributed by atoms with Gasteiger partial charge in [-0.25, -0.2) is 19.7 Å². The highest BCUT2D eigenvalue weighted by Gasteiger charge is 2.22. The number of urea groups is 1. The van der Waals surface area contributed by atoms with Crippen LogP contribution in [0.4, 0.5) is 16.3 Å². The van der Waals surface area contributed by atoms with E-state index in [9.17, 15) is 4.79 Å². The van der Waals surface area contributed by atoms with Gasteiger partial charge in [-0.3, -0.25) is 4.57 Å². The van der Waals surface area contributed by atoms with E-state index in [1.54, 1.807) is 29.7 Å². The Balaban J connectivity index is 1.40. The molecule has 2 aromatic heterocycles. The summed E-state index contributed by atoms with van der Waals surface area (Å²) in [6.45, 7) is 6.59. The van der Waals surface area contributed by atoms with E-state index < -0.39 is 0 Å². The molecule has 1 aromatic carbocycles. The number of hydrogen-bond acceptors (Lipinski definition) is 5. The van der Waals surface area contributed by atoms with Crippen LogP contribution in [0.3, 0.4) is 0 Å². The van der Waals surface area contributed by atoms with Gasteiger partial charge in [0.15, 0.2) is 0 Å². The minimum absolute atomic E-state index is 0.125. The van der Waals surface area contributed by atoms with Gasteiger partial charge in [-0.05, 0) is 32.0 Å². The Labute approximate surface area is 174 Å². The van der Waals surface area contributed by atoms with E-state index in [-0.39, 0.29) is 6.03 Å². The monoisotopic (exact) mass is 411 g/mol. The number of carbonyl (C=O) groups excluding carboxylic acids is 1. The standard InChI is InChI=1S/C20H22ClN7O/c1-14-15(2)28(13-24-14)19-11-18(22-12-23-19)26-6-8-27(9-7-26)20(29)25-17-5-3-4-16(21)10-17/h3-5,10-13H,6-9H2,1-2H3,(H,25,29). The number of benzene rings is 1. The first-order chi connectivity index (χ1) is 14.0. The minimum Gasteiger partial charge on any atom is -0.353 e. The highest BCUT2D eigenvalue weighted by Crippen LogP contribution is 2.19. The fraction of sp³-hybridized carbons (Fsp3) is 0.300. The maximum atomic E-state index is 12.5. The molecule has 4 rings (SSSR count). The summed E-state index contributed by atoms with van der Waals surface area (Å²) >= 11 is 5.98. The zero-order chi connectivity index (χ0) is 20.4. The first kappa shape index (κ1) is 19.2. The molecule has 0 saturated carbocycles. The number of aryl methyl sites for hydroxylation is 1. The van der Waals surface area contributed by atoms with Gasteiger partial charge in [0.1, 0.15) is 24.3 Å². The van der Waals surface area contributed by atoms with Crippen molar-refractivity contribution >= 4 is 29.1 Å². The van der Waals surface area contributed by atoms with E-state index in [4.69, 9.17) is 11.6 Å². The van der Waals surface area contributed by atoms with Crippen molar-refractivity contribution in [3.63, 3.8) is 0 Å². The molecule has 1 aliphatic rings. The summed E-state index contributed by atoms with van der Waals surface area (Å²) in [4.78, 5) is 29.6. The molecule has 0 unspecified atom stereocenters. The Morgan fingerprint density at radius 2 is 1.79 bits per heavy atom. The zero-order valence-electron chi connectivity index (χ0n) is 16.3. The predicted octanol–water partition coefficient (Wildman–Crippen LogP) is 3.29. The van der Waals surface area contributed by atoms with Crippen molar-refractivity contribution in [2.75, 3.05) is 36.4 Å². The number of nitrogens with one attached hydrogen (secondary N) is 1. The SMILES string of the molecule is Cc1ncn(-c2cc(N3CCN(C(=O)Nc4cccc(Cl)c4)CC3)ncn2)c1C. The van der Waals surface area contributed by atoms with Crippen molar-refractivity contribution in [2.24, 2.45) is 0 Å². The average molecular weight is 412 g/mol. The van der Waals surface area contributed by atoms with E-state index in [2.05, 4.69) is 25.2 Å². The van der Waals surface area contributed by atoms with Crippen molar-refractivity contribution in [1.29, 1.82) is 0 Å². The topological polar surface area (TPSA) is 79.2 Å². The summed E-state index contributed by atoms with van der Waals surface area (Å²) in [5.74, 6) is 1.63. The number of halogens is 1. The van der Waals surface area contributed by atoms with Gasteiger partial charge in [0.05, 0.1) is 5.69 Å². The van der Waals surface area contributed by atoms with Crippen LogP contribution in [0, 0.1) is 13.8 Å². The molecule has 3 heterocycles. The van der Waals surface area contributed by atoms with Crippen molar-refractivity contribution in [3.05, 3.63) is 59.4 Å². The van der Waals surface area contributed by atoms with Gasteiger partial charge < -0.3 is 15.1 Å². The van der Waals surface area contributed by atoms with Crippen LogP contribution in [0.1, 0.15) is 11.4 Å². The average Bonchev–Trinajstić information content (AvgIpc) is 3.07. The minimum atomic E-state index is -0.125. The molecule has 9 heteroatoms. The molecule has 8 nitrogen and oxygen atoms in total. The van der Waals surface area contributed by atoms with Crippen LogP contribution in [0.2, 0.25) is 5.02 Å². The van der Waals surface area contributed by atoms with Crippen LogP contribution in [0.25, 0.3) is 5.82 Å². The third-order valence-corrected chi connectivity index (χ3v) is 5.34. The van der Waals surface area contributed by atoms with Crippen molar-refractivity contribution in [3.8, 4) is 5.82 Å². The van der Waals surface area contributed by atoms with E-state index in [0.717, 1.165) is 23.0 Å². The van der Waals surface area contributed by atoms with Crippen LogP contribution in [0.15, 0.2) is 43.0 Å². The second-order valence-electron chi connectivity index (χ2n) is 6.93. The number of nitrogens with zero attached hydrogens (tertiary/aromatic N) is 6. The molecule has 0 atom stereocenters. The molecule has 1 aliphatic heterocycles. The molecule has 1 saturated heterocycles. The molecule has 29 heavy (non-hydrogen) atoms. The van der Waals surface area contributed by atoms with Gasteiger partial charge in [0, 0.05) is 48.6 Å². The lowest BCUT2D eigenvalue weighted by Crippen LogP contribution is -2.50. The lowest BCUT2D eigenvalue weighted by atomic mass is 10.3. The summed E-state index contributed by atoms with van der Waals surface area (Å²) in [6, 6.07) is 8.97. The number of carbonyl (C=O) groups is 1. The first-order valence-corrected chi connectivity index (χ1v) is 9.78. The molecule has 0 spiro atoms. The van der Waals surface area contributed by atoms with Crippen LogP contribution < -0.4 is 10.2 Å². The maximum absolute atomic E-state index is 12.5. The van der Waals surface area contributed by atoms with Crippen molar-refractivity contribution in [2.45, 2.75) is 13.8 Å². The molecule has 0 radical (unpaired) electrons. The van der Waals surface area contributed by atoms with E-state index in [1.165, 1.54) is 0 Å². The summed E-state index contributed by atoms with van der Waals surface area (Å²) in [6.07, 6.45) is 3.34. The fourth-order valence-electron chi connectivity index (χ4n) is 3.28. The number of rotatable bonds is 3. The number of aromatic nitrogens is 4. The Morgan fingerprint density at radius 3 is 2.48 bits per heavy atom. The van der Waals surface area contributed by atoms with Gasteiger partial charge in [0.2, 0.25) is 0 Å². The largest absolute Gasteiger partial charge is 0.353 e. The number of imidazole rings is 1. The third-order valence-electron chi connectivity index (χ3n) is 5.10. The fourth-order valence-corrected chi connectivity index (χ4v) is 3.47. The second-order valence-corrected chi connectivity index (χ2v) is 7.37. The smallest absolute Gasteiger partial charge is 0.321 e. The third kappa shape index (κ3) is 4.17. The van der Waals surface area contributed by atoms with E-state index in [1.807, 2.05) is 36.6 Å².